The van der Waals surface area contributed by atoms with Crippen LogP contribution >= 0.6 is 0 Å². The summed E-state index contributed by atoms with van der Waals surface area (Å²) >= 11 is 0. The number of alkyl halides is 3. The lowest BCUT2D eigenvalue weighted by Gasteiger charge is -2.17. The van der Waals surface area contributed by atoms with Crippen molar-refractivity contribution in [2.45, 2.75) is 32.6 Å². The second kappa shape index (κ2) is 9.04. The third-order valence-electron chi connectivity index (χ3n) is 4.96. The van der Waals surface area contributed by atoms with Crippen LogP contribution < -0.4 is 11.1 Å². The third kappa shape index (κ3) is 5.11. The molecule has 0 radical (unpaired) electrons. The number of hydrogen-bond acceptors (Lipinski definition) is 3. The van der Waals surface area contributed by atoms with Gasteiger partial charge in [0.05, 0.1) is 17.3 Å². The summed E-state index contributed by atoms with van der Waals surface area (Å²) in [6.07, 6.45) is -4.86. The normalized spacial score (nSPS) is 12.5. The quantitative estimate of drug-likeness (QED) is 0.519. The van der Waals surface area contributed by atoms with Crippen molar-refractivity contribution in [3.8, 4) is 11.3 Å². The van der Waals surface area contributed by atoms with Crippen LogP contribution in [0.1, 0.15) is 45.7 Å². The van der Waals surface area contributed by atoms with Crippen molar-refractivity contribution in [3.05, 3.63) is 88.1 Å². The molecule has 0 aliphatic heterocycles. The first-order chi connectivity index (χ1) is 15.0. The topological polar surface area (TPSA) is 68.0 Å². The van der Waals surface area contributed by atoms with Crippen molar-refractivity contribution >= 4 is 5.91 Å². The molecule has 9 heteroatoms. The number of nitrogens with one attached hydrogen (secondary N) is 1. The van der Waals surface area contributed by atoms with E-state index in [0.717, 1.165) is 0 Å². The number of nitrogens with zero attached hydrogens (tertiary/aromatic N) is 1. The Labute approximate surface area is 181 Å². The largest absolute Gasteiger partial charge is 0.419 e. The number of carbonyl (C=O) groups excluding carboxylic acids is 1. The van der Waals surface area contributed by atoms with Crippen LogP contribution in [-0.4, -0.2) is 10.9 Å². The van der Waals surface area contributed by atoms with Gasteiger partial charge in [0, 0.05) is 12.1 Å². The number of hydrogen-bond donors (Lipinski definition) is 2. The van der Waals surface area contributed by atoms with Crippen LogP contribution in [0.3, 0.4) is 0 Å². The second-order valence-electron chi connectivity index (χ2n) is 7.34. The molecule has 0 saturated heterocycles. The molecule has 3 N–H and O–H groups in total. The number of nitrogens with two attached hydrogens (primary N) is 1. The highest BCUT2D eigenvalue weighted by Gasteiger charge is 2.34. The van der Waals surface area contributed by atoms with E-state index in [1.807, 2.05) is 0 Å². The van der Waals surface area contributed by atoms with Crippen LogP contribution in [0.5, 0.6) is 0 Å². The van der Waals surface area contributed by atoms with Gasteiger partial charge in [0.2, 0.25) is 0 Å². The fourth-order valence-corrected chi connectivity index (χ4v) is 3.26. The lowest BCUT2D eigenvalue weighted by Crippen LogP contribution is -2.28. The molecule has 2 aromatic carbocycles. The summed E-state index contributed by atoms with van der Waals surface area (Å²) in [6.45, 7) is 3.28. The number of halogens is 5. The van der Waals surface area contributed by atoms with Gasteiger partial charge in [0.1, 0.15) is 17.3 Å². The van der Waals surface area contributed by atoms with E-state index in [1.54, 1.807) is 13.0 Å². The van der Waals surface area contributed by atoms with E-state index in [0.29, 0.717) is 34.5 Å². The molecular weight excluding hydrogens is 429 g/mol. The van der Waals surface area contributed by atoms with Gasteiger partial charge in [0.15, 0.2) is 0 Å². The molecule has 0 aliphatic rings. The Morgan fingerprint density at radius 3 is 2.44 bits per heavy atom. The maximum Gasteiger partial charge on any atom is 0.419 e. The summed E-state index contributed by atoms with van der Waals surface area (Å²) in [4.78, 5) is 17.1. The zero-order valence-electron chi connectivity index (χ0n) is 17.2. The molecule has 0 spiro atoms. The van der Waals surface area contributed by atoms with Crippen molar-refractivity contribution in [3.63, 3.8) is 0 Å². The van der Waals surface area contributed by atoms with Crippen molar-refractivity contribution in [1.29, 1.82) is 0 Å². The Hall–Kier alpha value is -3.33. The summed E-state index contributed by atoms with van der Waals surface area (Å²) < 4.78 is 66.0. The predicted octanol–water partition coefficient (Wildman–Crippen LogP) is 5.30. The summed E-state index contributed by atoms with van der Waals surface area (Å²) in [5.41, 5.74) is 6.62. The molecule has 1 atom stereocenters. The molecule has 1 heterocycles. The fourth-order valence-electron chi connectivity index (χ4n) is 3.26. The molecule has 0 bridgehead atoms. The molecule has 1 amide bonds. The van der Waals surface area contributed by atoms with Crippen molar-refractivity contribution in [2.24, 2.45) is 5.73 Å². The molecule has 32 heavy (non-hydrogen) atoms. The van der Waals surface area contributed by atoms with Crippen LogP contribution in [0.25, 0.3) is 11.3 Å². The minimum absolute atomic E-state index is 0.00307. The van der Waals surface area contributed by atoms with Crippen LogP contribution in [0.2, 0.25) is 0 Å². The minimum Gasteiger partial charge on any atom is -0.344 e. The first-order valence-corrected chi connectivity index (χ1v) is 9.64. The van der Waals surface area contributed by atoms with Crippen molar-refractivity contribution < 1.29 is 26.7 Å². The summed E-state index contributed by atoms with van der Waals surface area (Å²) in [6, 6.07) is 8.98. The summed E-state index contributed by atoms with van der Waals surface area (Å²) in [5, 5.41) is 2.57. The molecule has 0 unspecified atom stereocenters. The Balaban J connectivity index is 1.91. The number of pyridine rings is 1. The smallest absolute Gasteiger partial charge is 0.344 e. The van der Waals surface area contributed by atoms with Gasteiger partial charge >= 0.3 is 6.18 Å². The van der Waals surface area contributed by atoms with E-state index in [4.69, 9.17) is 5.73 Å². The first-order valence-electron chi connectivity index (χ1n) is 9.64. The van der Waals surface area contributed by atoms with E-state index in [9.17, 15) is 26.7 Å². The van der Waals surface area contributed by atoms with Gasteiger partial charge < -0.3 is 11.1 Å². The van der Waals surface area contributed by atoms with Crippen LogP contribution in [-0.2, 0) is 12.7 Å². The summed E-state index contributed by atoms with van der Waals surface area (Å²) in [5.74, 6) is -2.45. The highest BCUT2D eigenvalue weighted by Crippen LogP contribution is 2.33. The van der Waals surface area contributed by atoms with Gasteiger partial charge in [-0.1, -0.05) is 6.07 Å². The van der Waals surface area contributed by atoms with Crippen molar-refractivity contribution in [2.75, 3.05) is 0 Å². The number of carbonyl (C=O) groups is 1. The van der Waals surface area contributed by atoms with Crippen LogP contribution in [0.4, 0.5) is 22.0 Å². The van der Waals surface area contributed by atoms with Crippen LogP contribution in [0.15, 0.2) is 48.5 Å². The molecule has 3 rings (SSSR count). The van der Waals surface area contributed by atoms with Gasteiger partial charge in [-0.15, -0.1) is 0 Å². The number of aromatic nitrogens is 1. The third-order valence-corrected chi connectivity index (χ3v) is 4.96. The average Bonchev–Trinajstić information content (AvgIpc) is 2.72. The van der Waals surface area contributed by atoms with Crippen LogP contribution in [0, 0.1) is 18.6 Å². The maximum atomic E-state index is 13.6. The van der Waals surface area contributed by atoms with Gasteiger partial charge in [-0.3, -0.25) is 4.79 Å². The zero-order valence-corrected chi connectivity index (χ0v) is 17.2. The standard InChI is InChI=1S/C23H20F5N3O/c1-12-7-16(24)4-5-17(12)20-8-14(11-29)9-21(31-20)22(32)30-13(2)15-3-6-19(25)18(10-15)23(26,27)28/h3-10,13H,11,29H2,1-2H3,(H,30,32)/t13-/m0/s1. The van der Waals surface area contributed by atoms with E-state index >= 15 is 0 Å². The Kier molecular flexibility index (Phi) is 6.59. The fraction of sp³-hybridized carbons (Fsp3) is 0.217. The molecule has 0 aliphatic carbocycles. The molecule has 0 fully saturated rings. The molecule has 0 saturated carbocycles. The second-order valence-corrected chi connectivity index (χ2v) is 7.34. The highest BCUT2D eigenvalue weighted by atomic mass is 19.4. The summed E-state index contributed by atoms with van der Waals surface area (Å²) in [7, 11) is 0. The first kappa shape index (κ1) is 23.3. The minimum atomic E-state index is -4.86. The lowest BCUT2D eigenvalue weighted by molar-refractivity contribution is -0.140. The Bertz CT molecular complexity index is 1160. The van der Waals surface area contributed by atoms with Gasteiger partial charge in [0.25, 0.3) is 5.91 Å². The zero-order chi connectivity index (χ0) is 23.6. The Morgan fingerprint density at radius 2 is 1.81 bits per heavy atom. The van der Waals surface area contributed by atoms with Crippen molar-refractivity contribution in [1.82, 2.24) is 10.3 Å². The molecule has 4 nitrogen and oxygen atoms in total. The van der Waals surface area contributed by atoms with E-state index in [-0.39, 0.29) is 17.8 Å². The Morgan fingerprint density at radius 1 is 1.09 bits per heavy atom. The maximum absolute atomic E-state index is 13.6. The van der Waals surface area contributed by atoms with E-state index in [1.165, 1.54) is 37.3 Å². The monoisotopic (exact) mass is 449 g/mol. The number of amides is 1. The molecule has 3 aromatic rings. The highest BCUT2D eigenvalue weighted by molar-refractivity contribution is 5.93. The molecular formula is C23H20F5N3O. The lowest BCUT2D eigenvalue weighted by atomic mass is 10.0. The van der Waals surface area contributed by atoms with Gasteiger partial charge in [-0.2, -0.15) is 13.2 Å². The molecule has 1 aromatic heterocycles. The van der Waals surface area contributed by atoms with E-state index in [2.05, 4.69) is 10.3 Å². The average molecular weight is 449 g/mol. The number of rotatable bonds is 5. The van der Waals surface area contributed by atoms with Gasteiger partial charge in [-0.25, -0.2) is 13.8 Å². The SMILES string of the molecule is Cc1cc(F)ccc1-c1cc(CN)cc(C(=O)N[C@@H](C)c2ccc(F)c(C(F)(F)F)c2)n1. The number of benzene rings is 2. The van der Waals surface area contributed by atoms with E-state index < -0.39 is 35.3 Å². The molecule has 168 valence electrons. The van der Waals surface area contributed by atoms with Gasteiger partial charge in [-0.05, 0) is 73.0 Å². The predicted molar refractivity (Wildman–Crippen MR) is 110 cm³/mol. The number of aryl methyl sites for hydroxylation is 1.